The standard InChI is InChI=1S/C23H23N5O3/c1-15-4-2-8-25-22(15)27-21-14-24-13-17(26-21)18-5-3-9-28(18)23(29)16-6-7-19-20(12-16)31-11-10-30-19/h2,4,6-8,12-14,18H,3,5,9-11H2,1H3,(H,25,26,27)/t18-/m0/s1. The molecule has 1 amide bonds. The van der Waals surface area contributed by atoms with Gasteiger partial charge in [-0.05, 0) is 49.6 Å². The Morgan fingerprint density at radius 2 is 2.03 bits per heavy atom. The molecule has 4 heterocycles. The van der Waals surface area contributed by atoms with Gasteiger partial charge >= 0.3 is 0 Å². The van der Waals surface area contributed by atoms with Crippen LogP contribution in [0.5, 0.6) is 11.5 Å². The quantitative estimate of drug-likeness (QED) is 0.693. The third-order valence-corrected chi connectivity index (χ3v) is 5.55. The summed E-state index contributed by atoms with van der Waals surface area (Å²) in [6, 6.07) is 9.10. The molecule has 0 aliphatic carbocycles. The smallest absolute Gasteiger partial charge is 0.254 e. The van der Waals surface area contributed by atoms with Crippen molar-refractivity contribution >= 4 is 17.5 Å². The predicted molar refractivity (Wildman–Crippen MR) is 115 cm³/mol. The van der Waals surface area contributed by atoms with E-state index >= 15 is 0 Å². The first-order chi connectivity index (χ1) is 15.2. The highest BCUT2D eigenvalue weighted by atomic mass is 16.6. The van der Waals surface area contributed by atoms with Crippen molar-refractivity contribution in [2.24, 2.45) is 0 Å². The first kappa shape index (κ1) is 19.3. The maximum Gasteiger partial charge on any atom is 0.254 e. The van der Waals surface area contributed by atoms with E-state index in [1.807, 2.05) is 24.0 Å². The van der Waals surface area contributed by atoms with Crippen molar-refractivity contribution < 1.29 is 14.3 Å². The van der Waals surface area contributed by atoms with Crippen molar-refractivity contribution in [2.75, 3.05) is 25.1 Å². The van der Waals surface area contributed by atoms with Crippen LogP contribution in [0.4, 0.5) is 11.6 Å². The minimum atomic E-state index is -0.125. The normalized spacial score (nSPS) is 17.5. The molecule has 0 saturated carbocycles. The maximum atomic E-state index is 13.3. The average molecular weight is 417 g/mol. The lowest BCUT2D eigenvalue weighted by Gasteiger charge is -2.25. The minimum Gasteiger partial charge on any atom is -0.486 e. The molecule has 3 aromatic rings. The Balaban J connectivity index is 1.38. The van der Waals surface area contributed by atoms with Crippen molar-refractivity contribution in [3.05, 3.63) is 65.7 Å². The highest BCUT2D eigenvalue weighted by Crippen LogP contribution is 2.35. The highest BCUT2D eigenvalue weighted by Gasteiger charge is 2.32. The third kappa shape index (κ3) is 3.88. The number of pyridine rings is 1. The fourth-order valence-corrected chi connectivity index (χ4v) is 4.00. The summed E-state index contributed by atoms with van der Waals surface area (Å²) >= 11 is 0. The summed E-state index contributed by atoms with van der Waals surface area (Å²) in [6.07, 6.45) is 6.89. The largest absolute Gasteiger partial charge is 0.486 e. The number of nitrogens with one attached hydrogen (secondary N) is 1. The molecule has 5 rings (SSSR count). The summed E-state index contributed by atoms with van der Waals surface area (Å²) in [5, 5.41) is 3.23. The van der Waals surface area contributed by atoms with E-state index in [1.54, 1.807) is 36.8 Å². The van der Waals surface area contributed by atoms with E-state index in [1.165, 1.54) is 0 Å². The number of amides is 1. The summed E-state index contributed by atoms with van der Waals surface area (Å²) in [4.78, 5) is 28.6. The van der Waals surface area contributed by atoms with Crippen LogP contribution in [0.15, 0.2) is 48.9 Å². The Morgan fingerprint density at radius 1 is 1.16 bits per heavy atom. The van der Waals surface area contributed by atoms with Gasteiger partial charge in [-0.15, -0.1) is 0 Å². The summed E-state index contributed by atoms with van der Waals surface area (Å²) in [7, 11) is 0. The number of hydrogen-bond acceptors (Lipinski definition) is 7. The Hall–Kier alpha value is -3.68. The number of rotatable bonds is 4. The van der Waals surface area contributed by atoms with Crippen LogP contribution in [0, 0.1) is 6.92 Å². The minimum absolute atomic E-state index is 0.0415. The number of aryl methyl sites for hydroxylation is 1. The molecule has 1 N–H and O–H groups in total. The lowest BCUT2D eigenvalue weighted by molar-refractivity contribution is 0.0731. The Kier molecular flexibility index (Phi) is 5.11. The molecular formula is C23H23N5O3. The van der Waals surface area contributed by atoms with Crippen LogP contribution in [-0.4, -0.2) is 45.5 Å². The van der Waals surface area contributed by atoms with Gasteiger partial charge in [-0.25, -0.2) is 9.97 Å². The Bertz CT molecular complexity index is 1120. The number of benzene rings is 1. The molecule has 8 nitrogen and oxygen atoms in total. The molecule has 2 aromatic heterocycles. The number of carbonyl (C=O) groups is 1. The SMILES string of the molecule is Cc1cccnc1Nc1cncc([C@@H]2CCCN2C(=O)c2ccc3c(c2)OCCO3)n1. The summed E-state index contributed by atoms with van der Waals surface area (Å²) in [5.41, 5.74) is 2.37. The molecule has 158 valence electrons. The third-order valence-electron chi connectivity index (χ3n) is 5.55. The number of aromatic nitrogens is 3. The van der Waals surface area contributed by atoms with Gasteiger partial charge in [0.25, 0.3) is 5.91 Å². The summed E-state index contributed by atoms with van der Waals surface area (Å²) in [5.74, 6) is 2.60. The second-order valence-electron chi connectivity index (χ2n) is 7.64. The van der Waals surface area contributed by atoms with Crippen molar-refractivity contribution in [3.63, 3.8) is 0 Å². The van der Waals surface area contributed by atoms with Crippen LogP contribution >= 0.6 is 0 Å². The molecule has 2 aliphatic rings. The van der Waals surface area contributed by atoms with Gasteiger partial charge in [0, 0.05) is 18.3 Å². The Labute approximate surface area is 180 Å². The molecule has 8 heteroatoms. The summed E-state index contributed by atoms with van der Waals surface area (Å²) < 4.78 is 11.2. The lowest BCUT2D eigenvalue weighted by Crippen LogP contribution is -2.31. The van der Waals surface area contributed by atoms with Gasteiger partial charge in [0.1, 0.15) is 24.8 Å². The van der Waals surface area contributed by atoms with E-state index in [0.717, 1.165) is 29.9 Å². The molecule has 31 heavy (non-hydrogen) atoms. The van der Waals surface area contributed by atoms with Gasteiger partial charge in [-0.3, -0.25) is 9.78 Å². The number of carbonyl (C=O) groups excluding carboxylic acids is 1. The van der Waals surface area contributed by atoms with Crippen molar-refractivity contribution in [3.8, 4) is 11.5 Å². The highest BCUT2D eigenvalue weighted by molar-refractivity contribution is 5.95. The molecule has 0 bridgehead atoms. The van der Waals surface area contributed by atoms with Crippen LogP contribution in [-0.2, 0) is 0 Å². The van der Waals surface area contributed by atoms with Gasteiger partial charge in [0.05, 0.1) is 24.1 Å². The number of fused-ring (bicyclic) bond motifs is 1. The number of nitrogens with zero attached hydrogens (tertiary/aromatic N) is 4. The number of likely N-dealkylation sites (tertiary alicyclic amines) is 1. The number of anilines is 2. The van der Waals surface area contributed by atoms with Crippen molar-refractivity contribution in [2.45, 2.75) is 25.8 Å². The van der Waals surface area contributed by atoms with E-state index in [9.17, 15) is 4.79 Å². The van der Waals surface area contributed by atoms with Gasteiger partial charge in [0.2, 0.25) is 0 Å². The second-order valence-corrected chi connectivity index (χ2v) is 7.64. The monoisotopic (exact) mass is 417 g/mol. The van der Waals surface area contributed by atoms with Crippen molar-refractivity contribution in [1.29, 1.82) is 0 Å². The zero-order chi connectivity index (χ0) is 21.2. The number of ether oxygens (including phenoxy) is 2. The maximum absolute atomic E-state index is 13.3. The fourth-order valence-electron chi connectivity index (χ4n) is 4.00. The van der Waals surface area contributed by atoms with E-state index in [2.05, 4.69) is 15.3 Å². The van der Waals surface area contributed by atoms with Crippen LogP contribution in [0.1, 0.15) is 40.5 Å². The lowest BCUT2D eigenvalue weighted by atomic mass is 10.1. The van der Waals surface area contributed by atoms with Gasteiger partial charge in [-0.2, -0.15) is 0 Å². The molecule has 1 aromatic carbocycles. The Morgan fingerprint density at radius 3 is 2.90 bits per heavy atom. The van der Waals surface area contributed by atoms with Gasteiger partial charge < -0.3 is 19.7 Å². The summed E-state index contributed by atoms with van der Waals surface area (Å²) in [6.45, 7) is 3.67. The topological polar surface area (TPSA) is 89.5 Å². The first-order valence-electron chi connectivity index (χ1n) is 10.4. The second kappa shape index (κ2) is 8.22. The van der Waals surface area contributed by atoms with E-state index in [4.69, 9.17) is 14.5 Å². The predicted octanol–water partition coefficient (Wildman–Crippen LogP) is 3.67. The van der Waals surface area contributed by atoms with Gasteiger partial charge in [0.15, 0.2) is 11.5 Å². The van der Waals surface area contributed by atoms with E-state index in [-0.39, 0.29) is 11.9 Å². The molecule has 0 unspecified atom stereocenters. The number of hydrogen-bond donors (Lipinski definition) is 1. The van der Waals surface area contributed by atoms with Crippen LogP contribution in [0.25, 0.3) is 0 Å². The molecule has 0 spiro atoms. The van der Waals surface area contributed by atoms with Crippen molar-refractivity contribution in [1.82, 2.24) is 19.9 Å². The first-order valence-corrected chi connectivity index (χ1v) is 10.4. The van der Waals surface area contributed by atoms with Crippen LogP contribution < -0.4 is 14.8 Å². The molecule has 2 aliphatic heterocycles. The molecule has 1 atom stereocenters. The molecular weight excluding hydrogens is 394 g/mol. The van der Waals surface area contributed by atoms with Gasteiger partial charge in [-0.1, -0.05) is 6.07 Å². The van der Waals surface area contributed by atoms with Crippen LogP contribution in [0.2, 0.25) is 0 Å². The van der Waals surface area contributed by atoms with E-state index < -0.39 is 0 Å². The molecule has 1 fully saturated rings. The zero-order valence-electron chi connectivity index (χ0n) is 17.2. The molecule has 1 saturated heterocycles. The van der Waals surface area contributed by atoms with E-state index in [0.29, 0.717) is 42.6 Å². The zero-order valence-corrected chi connectivity index (χ0v) is 17.2. The molecule has 0 radical (unpaired) electrons. The van der Waals surface area contributed by atoms with Crippen LogP contribution in [0.3, 0.4) is 0 Å². The fraction of sp³-hybridized carbons (Fsp3) is 0.304. The average Bonchev–Trinajstić information content (AvgIpc) is 3.30.